The number of nitrogens with zero attached hydrogens (tertiary/aromatic N) is 2. The summed E-state index contributed by atoms with van der Waals surface area (Å²) < 4.78 is 65.8. The first-order chi connectivity index (χ1) is 16.2. The van der Waals surface area contributed by atoms with Crippen LogP contribution >= 0.6 is 11.6 Å². The van der Waals surface area contributed by atoms with E-state index in [0.29, 0.717) is 5.56 Å². The maximum atomic E-state index is 13.1. The van der Waals surface area contributed by atoms with E-state index in [4.69, 9.17) is 11.6 Å². The van der Waals surface area contributed by atoms with Gasteiger partial charge in [-0.15, -0.1) is 0 Å². The van der Waals surface area contributed by atoms with Gasteiger partial charge in [-0.05, 0) is 48.9 Å². The van der Waals surface area contributed by atoms with Crippen LogP contribution in [-0.4, -0.2) is 37.3 Å². The summed E-state index contributed by atoms with van der Waals surface area (Å²) in [6.45, 7) is 1.42. The van der Waals surface area contributed by atoms with Crippen LogP contribution in [-0.2, 0) is 22.7 Å². The highest BCUT2D eigenvalue weighted by molar-refractivity contribution is 7.89. The Hall–Kier alpha value is -3.15. The summed E-state index contributed by atoms with van der Waals surface area (Å²) in [5, 5.41) is 2.57. The Kier molecular flexibility index (Phi) is 7.44. The zero-order valence-electron chi connectivity index (χ0n) is 18.9. The van der Waals surface area contributed by atoms with Gasteiger partial charge in [0, 0.05) is 32.0 Å². The Morgan fingerprint density at radius 3 is 2.29 bits per heavy atom. The molecule has 0 unspecified atom stereocenters. The number of alkyl halides is 3. The molecule has 0 saturated carbocycles. The lowest BCUT2D eigenvalue weighted by Crippen LogP contribution is -2.33. The number of carbonyl (C=O) groups excluding carboxylic acids is 1. The van der Waals surface area contributed by atoms with Crippen molar-refractivity contribution in [2.75, 3.05) is 14.1 Å². The van der Waals surface area contributed by atoms with Gasteiger partial charge in [-0.1, -0.05) is 29.8 Å². The van der Waals surface area contributed by atoms with E-state index in [1.165, 1.54) is 51.4 Å². The van der Waals surface area contributed by atoms with E-state index in [1.54, 1.807) is 0 Å². The summed E-state index contributed by atoms with van der Waals surface area (Å²) >= 11 is 6.19. The molecule has 0 saturated heterocycles. The number of amides is 1. The average Bonchev–Trinajstić information content (AvgIpc) is 2.80. The number of aromatic nitrogens is 1. The van der Waals surface area contributed by atoms with Crippen molar-refractivity contribution in [3.05, 3.63) is 92.4 Å². The number of pyridine rings is 1. The lowest BCUT2D eigenvalue weighted by Gasteiger charge is -2.16. The van der Waals surface area contributed by atoms with Crippen molar-refractivity contribution in [1.82, 2.24) is 14.2 Å². The predicted octanol–water partition coefficient (Wildman–Crippen LogP) is 4.00. The molecule has 0 aliphatic heterocycles. The molecule has 0 fully saturated rings. The van der Waals surface area contributed by atoms with Crippen molar-refractivity contribution in [2.24, 2.45) is 0 Å². The number of hydrogen-bond acceptors (Lipinski definition) is 4. The van der Waals surface area contributed by atoms with Gasteiger partial charge in [-0.2, -0.15) is 13.2 Å². The number of nitrogens with one attached hydrogen (secondary N) is 1. The maximum absolute atomic E-state index is 13.1. The minimum atomic E-state index is -4.62. The molecule has 12 heteroatoms. The Morgan fingerprint density at radius 2 is 1.71 bits per heavy atom. The van der Waals surface area contributed by atoms with Gasteiger partial charge >= 0.3 is 6.18 Å². The zero-order chi connectivity index (χ0) is 26.1. The molecule has 35 heavy (non-hydrogen) atoms. The molecule has 0 radical (unpaired) electrons. The highest BCUT2D eigenvalue weighted by Crippen LogP contribution is 2.30. The zero-order valence-corrected chi connectivity index (χ0v) is 20.4. The molecule has 3 aromatic rings. The highest BCUT2D eigenvalue weighted by atomic mass is 35.5. The van der Waals surface area contributed by atoms with E-state index in [-0.39, 0.29) is 33.4 Å². The number of halogens is 4. The van der Waals surface area contributed by atoms with Gasteiger partial charge in [0.2, 0.25) is 10.0 Å². The van der Waals surface area contributed by atoms with E-state index < -0.39 is 33.2 Å². The minimum absolute atomic E-state index is 0.0189. The normalized spacial score (nSPS) is 12.1. The molecule has 0 atom stereocenters. The summed E-state index contributed by atoms with van der Waals surface area (Å²) in [6.07, 6.45) is -4.62. The quantitative estimate of drug-likeness (QED) is 0.525. The lowest BCUT2D eigenvalue weighted by atomic mass is 10.1. The SMILES string of the molecule is Cc1c(Cl)cc(C(=O)NCc2ccc(S(=O)(=O)N(C)C)cc2)c(=O)n1-c1cccc(C(F)(F)F)c1. The molecule has 3 rings (SSSR count). The van der Waals surface area contributed by atoms with Crippen LogP contribution in [0.3, 0.4) is 0 Å². The molecule has 1 aromatic heterocycles. The Morgan fingerprint density at radius 1 is 1.09 bits per heavy atom. The molecule has 0 aliphatic rings. The Labute approximate surface area is 204 Å². The summed E-state index contributed by atoms with van der Waals surface area (Å²) in [5.74, 6) is -0.789. The number of benzene rings is 2. The van der Waals surface area contributed by atoms with E-state index in [0.717, 1.165) is 33.1 Å². The second-order valence-electron chi connectivity index (χ2n) is 7.79. The topological polar surface area (TPSA) is 88.5 Å². The van der Waals surface area contributed by atoms with Crippen LogP contribution in [0.2, 0.25) is 5.02 Å². The molecule has 0 bridgehead atoms. The summed E-state index contributed by atoms with van der Waals surface area (Å²) in [7, 11) is -0.799. The third-order valence-electron chi connectivity index (χ3n) is 5.22. The van der Waals surface area contributed by atoms with Crippen LogP contribution in [0.5, 0.6) is 0 Å². The highest BCUT2D eigenvalue weighted by Gasteiger charge is 2.31. The summed E-state index contributed by atoms with van der Waals surface area (Å²) in [4.78, 5) is 25.9. The molecular formula is C23H21ClF3N3O4S. The fourth-order valence-electron chi connectivity index (χ4n) is 3.24. The van der Waals surface area contributed by atoms with Crippen LogP contribution in [0.25, 0.3) is 5.69 Å². The minimum Gasteiger partial charge on any atom is -0.348 e. The molecule has 1 N–H and O–H groups in total. The number of sulfonamides is 1. The molecule has 2 aromatic carbocycles. The van der Waals surface area contributed by atoms with Crippen LogP contribution < -0.4 is 10.9 Å². The van der Waals surface area contributed by atoms with Gasteiger partial charge in [0.15, 0.2) is 0 Å². The van der Waals surface area contributed by atoms with Gasteiger partial charge in [0.25, 0.3) is 11.5 Å². The smallest absolute Gasteiger partial charge is 0.348 e. The molecular weight excluding hydrogens is 507 g/mol. The standard InChI is InChI=1S/C23H21ClF3N3O4S/c1-14-20(24)12-19(22(32)30(14)17-6-4-5-16(11-17)23(25,26)27)21(31)28-13-15-7-9-18(10-8-15)35(33,34)29(2)3/h4-12H,13H2,1-3H3,(H,28,31). The molecule has 0 aliphatic carbocycles. The van der Waals surface area contributed by atoms with E-state index >= 15 is 0 Å². The molecule has 1 heterocycles. The Balaban J connectivity index is 1.89. The molecule has 1 amide bonds. The first-order valence-corrected chi connectivity index (χ1v) is 11.9. The van der Waals surface area contributed by atoms with Gasteiger partial charge < -0.3 is 5.32 Å². The average molecular weight is 528 g/mol. The van der Waals surface area contributed by atoms with Crippen molar-refractivity contribution < 1.29 is 26.4 Å². The van der Waals surface area contributed by atoms with Gasteiger partial charge in [-0.25, -0.2) is 12.7 Å². The predicted molar refractivity (Wildman–Crippen MR) is 125 cm³/mol. The second kappa shape index (κ2) is 9.84. The summed E-state index contributed by atoms with van der Waals surface area (Å²) in [5.41, 5.74) is -1.50. The first kappa shape index (κ1) is 26.5. The van der Waals surface area contributed by atoms with E-state index in [1.807, 2.05) is 0 Å². The van der Waals surface area contributed by atoms with Crippen molar-refractivity contribution in [3.8, 4) is 5.69 Å². The van der Waals surface area contributed by atoms with Crippen molar-refractivity contribution in [3.63, 3.8) is 0 Å². The Bertz CT molecular complexity index is 1430. The van der Waals surface area contributed by atoms with Gasteiger partial charge in [-0.3, -0.25) is 14.2 Å². The van der Waals surface area contributed by atoms with Crippen LogP contribution in [0.1, 0.15) is 27.2 Å². The monoisotopic (exact) mass is 527 g/mol. The van der Waals surface area contributed by atoms with Crippen LogP contribution in [0.4, 0.5) is 13.2 Å². The van der Waals surface area contributed by atoms with Crippen molar-refractivity contribution >= 4 is 27.5 Å². The molecule has 0 spiro atoms. The number of rotatable bonds is 6. The first-order valence-electron chi connectivity index (χ1n) is 10.1. The number of hydrogen-bond donors (Lipinski definition) is 1. The fourth-order valence-corrected chi connectivity index (χ4v) is 4.33. The van der Waals surface area contributed by atoms with E-state index in [9.17, 15) is 31.2 Å². The third-order valence-corrected chi connectivity index (χ3v) is 7.43. The molecule has 186 valence electrons. The van der Waals surface area contributed by atoms with Gasteiger partial charge in [0.05, 0.1) is 15.5 Å². The van der Waals surface area contributed by atoms with Crippen molar-refractivity contribution in [1.29, 1.82) is 0 Å². The molecule has 7 nitrogen and oxygen atoms in total. The van der Waals surface area contributed by atoms with Crippen molar-refractivity contribution in [2.45, 2.75) is 24.5 Å². The number of carbonyl (C=O) groups is 1. The van der Waals surface area contributed by atoms with Crippen LogP contribution in [0, 0.1) is 6.92 Å². The summed E-state index contributed by atoms with van der Waals surface area (Å²) in [6, 6.07) is 11.1. The van der Waals surface area contributed by atoms with E-state index in [2.05, 4.69) is 5.32 Å². The van der Waals surface area contributed by atoms with Crippen LogP contribution in [0.15, 0.2) is 64.3 Å². The largest absolute Gasteiger partial charge is 0.416 e. The third kappa shape index (κ3) is 5.58. The second-order valence-corrected chi connectivity index (χ2v) is 10.4. The van der Waals surface area contributed by atoms with Gasteiger partial charge in [0.1, 0.15) is 5.56 Å². The maximum Gasteiger partial charge on any atom is 0.416 e. The lowest BCUT2D eigenvalue weighted by molar-refractivity contribution is -0.137. The fraction of sp³-hybridized carbons (Fsp3) is 0.217.